The molecule has 0 radical (unpaired) electrons. The highest BCUT2D eigenvalue weighted by atomic mass is 32.1. The van der Waals surface area contributed by atoms with Crippen LogP contribution in [0.4, 0.5) is 11.4 Å². The van der Waals surface area contributed by atoms with Gasteiger partial charge in [-0.25, -0.2) is 0 Å². The Morgan fingerprint density at radius 3 is 2.48 bits per heavy atom. The predicted molar refractivity (Wildman–Crippen MR) is 103 cm³/mol. The van der Waals surface area contributed by atoms with Crippen molar-refractivity contribution in [1.29, 1.82) is 0 Å². The smallest absolute Gasteiger partial charge is 0.308 e. The number of rotatable bonds is 3. The van der Waals surface area contributed by atoms with Crippen LogP contribution in [0.2, 0.25) is 0 Å². The van der Waals surface area contributed by atoms with E-state index in [0.29, 0.717) is 11.7 Å². The summed E-state index contributed by atoms with van der Waals surface area (Å²) in [6.45, 7) is 4.70. The molecule has 23 heavy (non-hydrogen) atoms. The molecule has 3 rings (SSSR count). The van der Waals surface area contributed by atoms with Crippen molar-refractivity contribution >= 4 is 50.3 Å². The van der Waals surface area contributed by atoms with E-state index in [0.717, 1.165) is 21.6 Å². The van der Waals surface area contributed by atoms with Crippen LogP contribution < -0.4 is 15.5 Å². The summed E-state index contributed by atoms with van der Waals surface area (Å²) in [4.78, 5) is 12.0. The highest BCUT2D eigenvalue weighted by Gasteiger charge is 2.07. The van der Waals surface area contributed by atoms with Crippen molar-refractivity contribution in [2.45, 2.75) is 20.4 Å². The number of hydrogen-bond donors (Lipinski definition) is 2. The van der Waals surface area contributed by atoms with Crippen molar-refractivity contribution in [2.75, 3.05) is 10.6 Å². The largest absolute Gasteiger partial charge is 0.332 e. The minimum Gasteiger partial charge on any atom is -0.332 e. The fourth-order valence-electron chi connectivity index (χ4n) is 2.37. The van der Waals surface area contributed by atoms with E-state index in [4.69, 9.17) is 12.2 Å². The third kappa shape index (κ3) is 3.43. The van der Waals surface area contributed by atoms with Gasteiger partial charge in [0.15, 0.2) is 5.11 Å². The standard InChI is InChI=1S/C17H17N3OS2/c1-3-20-14-9-8-13(10-15(14)23-17(20)21)19-16(22)18-12-6-4-11(2)5-7-12/h4-10H,3H2,1-2H3,(H2,18,19,22). The first-order chi connectivity index (χ1) is 11.1. The van der Waals surface area contributed by atoms with Crippen molar-refractivity contribution in [3.63, 3.8) is 0 Å². The van der Waals surface area contributed by atoms with Gasteiger partial charge in [0.2, 0.25) is 0 Å². The monoisotopic (exact) mass is 343 g/mol. The van der Waals surface area contributed by atoms with Crippen molar-refractivity contribution < 1.29 is 0 Å². The van der Waals surface area contributed by atoms with Crippen molar-refractivity contribution in [3.05, 3.63) is 57.7 Å². The molecule has 0 aliphatic rings. The Bertz CT molecular complexity index is 910. The van der Waals surface area contributed by atoms with Crippen LogP contribution in [0.1, 0.15) is 12.5 Å². The molecule has 0 fully saturated rings. The van der Waals surface area contributed by atoms with Crippen molar-refractivity contribution in [2.24, 2.45) is 0 Å². The van der Waals surface area contributed by atoms with E-state index in [-0.39, 0.29) is 4.87 Å². The average Bonchev–Trinajstić information content (AvgIpc) is 2.83. The van der Waals surface area contributed by atoms with E-state index in [2.05, 4.69) is 10.6 Å². The summed E-state index contributed by atoms with van der Waals surface area (Å²) in [7, 11) is 0. The number of fused-ring (bicyclic) bond motifs is 1. The molecule has 0 aliphatic heterocycles. The van der Waals surface area contributed by atoms with Gasteiger partial charge in [-0.2, -0.15) is 0 Å². The molecule has 0 amide bonds. The molecule has 1 aromatic heterocycles. The highest BCUT2D eigenvalue weighted by molar-refractivity contribution is 7.80. The van der Waals surface area contributed by atoms with E-state index in [1.54, 1.807) is 4.57 Å². The SMILES string of the molecule is CCn1c(=O)sc2cc(NC(=S)Nc3ccc(C)cc3)ccc21. The van der Waals surface area contributed by atoms with E-state index < -0.39 is 0 Å². The molecule has 0 saturated carbocycles. The molecular weight excluding hydrogens is 326 g/mol. The molecule has 1 heterocycles. The molecule has 2 aromatic carbocycles. The van der Waals surface area contributed by atoms with Gasteiger partial charge in [-0.05, 0) is 56.4 Å². The van der Waals surface area contributed by atoms with Crippen molar-refractivity contribution in [1.82, 2.24) is 4.57 Å². The zero-order valence-corrected chi connectivity index (χ0v) is 14.6. The maximum absolute atomic E-state index is 11.9. The highest BCUT2D eigenvalue weighted by Crippen LogP contribution is 2.22. The Kier molecular flexibility index (Phi) is 4.45. The summed E-state index contributed by atoms with van der Waals surface area (Å²) in [6, 6.07) is 13.9. The normalized spacial score (nSPS) is 10.7. The topological polar surface area (TPSA) is 46.1 Å². The van der Waals surface area contributed by atoms with Crippen LogP contribution in [0.25, 0.3) is 10.2 Å². The fraction of sp³-hybridized carbons (Fsp3) is 0.176. The lowest BCUT2D eigenvalue weighted by Gasteiger charge is -2.11. The van der Waals surface area contributed by atoms with Gasteiger partial charge in [-0.15, -0.1) is 0 Å². The second-order valence-electron chi connectivity index (χ2n) is 5.24. The van der Waals surface area contributed by atoms with Gasteiger partial charge in [0.25, 0.3) is 0 Å². The molecule has 0 bridgehead atoms. The summed E-state index contributed by atoms with van der Waals surface area (Å²) in [6.07, 6.45) is 0. The fourth-order valence-corrected chi connectivity index (χ4v) is 3.60. The van der Waals surface area contributed by atoms with E-state index >= 15 is 0 Å². The second kappa shape index (κ2) is 6.52. The van der Waals surface area contributed by atoms with Gasteiger partial charge in [0.1, 0.15) is 0 Å². The maximum Gasteiger partial charge on any atom is 0.308 e. The van der Waals surface area contributed by atoms with Crippen LogP contribution in [0.15, 0.2) is 47.3 Å². The van der Waals surface area contributed by atoms with Gasteiger partial charge >= 0.3 is 4.87 Å². The predicted octanol–water partition coefficient (Wildman–Crippen LogP) is 4.20. The van der Waals surface area contributed by atoms with Crippen LogP contribution in [-0.2, 0) is 6.54 Å². The number of nitrogens with zero attached hydrogens (tertiary/aromatic N) is 1. The molecule has 6 heteroatoms. The first kappa shape index (κ1) is 15.7. The first-order valence-electron chi connectivity index (χ1n) is 7.35. The van der Waals surface area contributed by atoms with E-state index in [1.165, 1.54) is 16.9 Å². The molecule has 0 unspecified atom stereocenters. The molecule has 0 atom stereocenters. The second-order valence-corrected chi connectivity index (χ2v) is 6.64. The lowest BCUT2D eigenvalue weighted by atomic mass is 10.2. The van der Waals surface area contributed by atoms with Gasteiger partial charge in [-0.1, -0.05) is 29.0 Å². The molecule has 0 saturated heterocycles. The minimum atomic E-state index is 0.0695. The number of anilines is 2. The van der Waals surface area contributed by atoms with Crippen LogP contribution in [-0.4, -0.2) is 9.68 Å². The third-order valence-corrected chi connectivity index (χ3v) is 4.70. The van der Waals surface area contributed by atoms with E-state index in [1.807, 2.05) is 56.3 Å². The Balaban J connectivity index is 1.77. The molecule has 4 nitrogen and oxygen atoms in total. The first-order valence-corrected chi connectivity index (χ1v) is 8.57. The molecule has 2 N–H and O–H groups in total. The van der Waals surface area contributed by atoms with Crippen LogP contribution in [0.3, 0.4) is 0 Å². The number of nitrogens with one attached hydrogen (secondary N) is 2. The summed E-state index contributed by atoms with van der Waals surface area (Å²) in [5, 5.41) is 6.83. The Labute approximate surface area is 143 Å². The number of benzene rings is 2. The summed E-state index contributed by atoms with van der Waals surface area (Å²) < 4.78 is 2.73. The number of thiocarbonyl (C=S) groups is 1. The minimum absolute atomic E-state index is 0.0695. The number of hydrogen-bond acceptors (Lipinski definition) is 3. The van der Waals surface area contributed by atoms with Gasteiger partial charge in [-0.3, -0.25) is 9.36 Å². The zero-order valence-electron chi connectivity index (χ0n) is 12.9. The summed E-state index contributed by atoms with van der Waals surface area (Å²) in [5.41, 5.74) is 3.98. The molecule has 118 valence electrons. The maximum atomic E-state index is 11.9. The summed E-state index contributed by atoms with van der Waals surface area (Å²) in [5.74, 6) is 0. The average molecular weight is 343 g/mol. The number of thiazole rings is 1. The lowest BCUT2D eigenvalue weighted by Crippen LogP contribution is -2.18. The number of aromatic nitrogens is 1. The molecule has 3 aromatic rings. The third-order valence-electron chi connectivity index (χ3n) is 3.55. The van der Waals surface area contributed by atoms with E-state index in [9.17, 15) is 4.79 Å². The molecule has 0 aliphatic carbocycles. The lowest BCUT2D eigenvalue weighted by molar-refractivity contribution is 0.778. The molecular formula is C17H17N3OS2. The van der Waals surface area contributed by atoms with Crippen LogP contribution >= 0.6 is 23.6 Å². The Morgan fingerprint density at radius 1 is 1.13 bits per heavy atom. The van der Waals surface area contributed by atoms with Gasteiger partial charge in [0.05, 0.1) is 10.2 Å². The Hall–Kier alpha value is -2.18. The van der Waals surface area contributed by atoms with Gasteiger partial charge < -0.3 is 10.6 Å². The quantitative estimate of drug-likeness (QED) is 0.700. The molecule has 0 spiro atoms. The summed E-state index contributed by atoms with van der Waals surface area (Å²) >= 11 is 6.60. The zero-order chi connectivity index (χ0) is 16.4. The van der Waals surface area contributed by atoms with Crippen LogP contribution in [0, 0.1) is 6.92 Å². The van der Waals surface area contributed by atoms with Crippen molar-refractivity contribution in [3.8, 4) is 0 Å². The number of aryl methyl sites for hydroxylation is 2. The Morgan fingerprint density at radius 2 is 1.78 bits per heavy atom. The van der Waals surface area contributed by atoms with Gasteiger partial charge in [0, 0.05) is 17.9 Å². The van der Waals surface area contributed by atoms with Crippen LogP contribution in [0.5, 0.6) is 0 Å².